The third-order valence-electron chi connectivity index (χ3n) is 4.80. The zero-order valence-corrected chi connectivity index (χ0v) is 15.6. The molecule has 0 aliphatic heterocycles. The van der Waals surface area contributed by atoms with Gasteiger partial charge in [0, 0.05) is 16.7 Å². The molecule has 0 fully saturated rings. The van der Waals surface area contributed by atoms with Crippen molar-refractivity contribution in [2.45, 2.75) is 13.0 Å². The second-order valence-electron chi connectivity index (χ2n) is 6.70. The fourth-order valence-corrected chi connectivity index (χ4v) is 3.39. The van der Waals surface area contributed by atoms with E-state index in [2.05, 4.69) is 0 Å². The summed E-state index contributed by atoms with van der Waals surface area (Å²) in [5, 5.41) is 0. The lowest BCUT2D eigenvalue weighted by molar-refractivity contribution is -0.141. The quantitative estimate of drug-likeness (QED) is 0.453. The van der Waals surface area contributed by atoms with Crippen molar-refractivity contribution in [2.24, 2.45) is 0 Å². The Kier molecular flexibility index (Phi) is 5.16. The number of hydrogen-bond acceptors (Lipinski definition) is 4. The molecule has 0 saturated heterocycles. The first-order valence-corrected chi connectivity index (χ1v) is 9.34. The SMILES string of the molecule is O=C(OCc1ccccc1)C1=C(c2ccccc2)C(=O)C2=C(C=CCC=C2)C1=O. The van der Waals surface area contributed by atoms with Crippen LogP contribution in [0.5, 0.6) is 0 Å². The summed E-state index contributed by atoms with van der Waals surface area (Å²) in [5.74, 6) is -1.63. The molecule has 2 aliphatic rings. The van der Waals surface area contributed by atoms with Crippen molar-refractivity contribution in [3.63, 3.8) is 0 Å². The largest absolute Gasteiger partial charge is 0.457 e. The first-order chi connectivity index (χ1) is 14.2. The minimum atomic E-state index is -0.792. The summed E-state index contributed by atoms with van der Waals surface area (Å²) in [6.45, 7) is 0.0222. The standard InChI is InChI=1S/C25H18O4/c26-23-19-14-8-3-9-15-20(19)24(27)22(21(23)18-12-6-2-7-13-18)25(28)29-16-17-10-4-1-5-11-17/h1-2,4-15H,3,16H2. The van der Waals surface area contributed by atoms with Crippen LogP contribution in [0.25, 0.3) is 5.57 Å². The predicted octanol–water partition coefficient (Wildman–Crippen LogP) is 4.15. The van der Waals surface area contributed by atoms with Gasteiger partial charge in [0.25, 0.3) is 0 Å². The van der Waals surface area contributed by atoms with E-state index >= 15 is 0 Å². The number of hydrogen-bond donors (Lipinski definition) is 0. The molecule has 0 radical (unpaired) electrons. The monoisotopic (exact) mass is 382 g/mol. The summed E-state index contributed by atoms with van der Waals surface area (Å²) < 4.78 is 5.41. The molecule has 0 aromatic heterocycles. The molecule has 4 heteroatoms. The van der Waals surface area contributed by atoms with Crippen molar-refractivity contribution in [2.75, 3.05) is 0 Å². The third kappa shape index (κ3) is 3.65. The van der Waals surface area contributed by atoms with Crippen molar-refractivity contribution in [3.05, 3.63) is 113 Å². The number of rotatable bonds is 4. The Morgan fingerprint density at radius 1 is 0.793 bits per heavy atom. The van der Waals surface area contributed by atoms with Gasteiger partial charge in [0.1, 0.15) is 12.2 Å². The highest BCUT2D eigenvalue weighted by molar-refractivity contribution is 6.46. The zero-order valence-electron chi connectivity index (χ0n) is 15.6. The van der Waals surface area contributed by atoms with Crippen LogP contribution in [0.3, 0.4) is 0 Å². The summed E-state index contributed by atoms with van der Waals surface area (Å²) in [7, 11) is 0. The smallest absolute Gasteiger partial charge is 0.343 e. The lowest BCUT2D eigenvalue weighted by atomic mass is 9.81. The Hall–Kier alpha value is -3.79. The Balaban J connectivity index is 1.77. The third-order valence-corrected chi connectivity index (χ3v) is 4.80. The topological polar surface area (TPSA) is 60.4 Å². The summed E-state index contributed by atoms with van der Waals surface area (Å²) >= 11 is 0. The van der Waals surface area contributed by atoms with E-state index in [-0.39, 0.29) is 29.1 Å². The highest BCUT2D eigenvalue weighted by Crippen LogP contribution is 2.34. The van der Waals surface area contributed by atoms with Gasteiger partial charge in [-0.15, -0.1) is 0 Å². The number of Topliss-reactive ketones (excluding diaryl/α,β-unsaturated/α-hetero) is 2. The fraction of sp³-hybridized carbons (Fsp3) is 0.0800. The maximum atomic E-state index is 13.3. The van der Waals surface area contributed by atoms with Gasteiger partial charge in [0.15, 0.2) is 5.78 Å². The molecule has 29 heavy (non-hydrogen) atoms. The van der Waals surface area contributed by atoms with Crippen molar-refractivity contribution in [1.29, 1.82) is 0 Å². The lowest BCUT2D eigenvalue weighted by Crippen LogP contribution is -2.27. The molecule has 0 unspecified atom stereocenters. The molecule has 0 saturated carbocycles. The number of allylic oxidation sites excluding steroid dienone is 7. The van der Waals surface area contributed by atoms with E-state index < -0.39 is 11.8 Å². The predicted molar refractivity (Wildman–Crippen MR) is 110 cm³/mol. The Morgan fingerprint density at radius 3 is 2.03 bits per heavy atom. The number of benzene rings is 2. The summed E-state index contributed by atoms with van der Waals surface area (Å²) in [6.07, 6.45) is 7.50. The van der Waals surface area contributed by atoms with E-state index in [1.165, 1.54) is 0 Å². The average molecular weight is 382 g/mol. The minimum absolute atomic E-state index is 0.0222. The van der Waals surface area contributed by atoms with E-state index in [1.807, 2.05) is 42.5 Å². The second kappa shape index (κ2) is 8.07. The molecule has 4 rings (SSSR count). The number of carbonyl (C=O) groups excluding carboxylic acids is 3. The Bertz CT molecular complexity index is 1100. The van der Waals surface area contributed by atoms with Gasteiger partial charge in [-0.2, -0.15) is 0 Å². The van der Waals surface area contributed by atoms with Gasteiger partial charge >= 0.3 is 5.97 Å². The van der Waals surface area contributed by atoms with Gasteiger partial charge in [-0.05, 0) is 17.5 Å². The fourth-order valence-electron chi connectivity index (χ4n) is 3.39. The summed E-state index contributed by atoms with van der Waals surface area (Å²) in [6, 6.07) is 18.0. The van der Waals surface area contributed by atoms with Gasteiger partial charge in [0.05, 0.1) is 0 Å². The van der Waals surface area contributed by atoms with Gasteiger partial charge in [0.2, 0.25) is 5.78 Å². The van der Waals surface area contributed by atoms with E-state index in [1.54, 1.807) is 42.5 Å². The van der Waals surface area contributed by atoms with Crippen LogP contribution < -0.4 is 0 Å². The average Bonchev–Trinajstić information content (AvgIpc) is 3.02. The Labute approximate surface area is 168 Å². The van der Waals surface area contributed by atoms with Crippen molar-refractivity contribution >= 4 is 23.1 Å². The molecule has 0 N–H and O–H groups in total. The highest BCUT2D eigenvalue weighted by Gasteiger charge is 2.37. The maximum Gasteiger partial charge on any atom is 0.343 e. The van der Waals surface area contributed by atoms with Crippen LogP contribution in [0.2, 0.25) is 0 Å². The minimum Gasteiger partial charge on any atom is -0.457 e. The van der Waals surface area contributed by atoms with E-state index in [4.69, 9.17) is 4.74 Å². The van der Waals surface area contributed by atoms with Crippen LogP contribution in [0, 0.1) is 0 Å². The highest BCUT2D eigenvalue weighted by atomic mass is 16.5. The molecular formula is C25H18O4. The van der Waals surface area contributed by atoms with Crippen molar-refractivity contribution in [3.8, 4) is 0 Å². The first-order valence-electron chi connectivity index (χ1n) is 9.34. The summed E-state index contributed by atoms with van der Waals surface area (Å²) in [4.78, 5) is 39.5. The van der Waals surface area contributed by atoms with Crippen LogP contribution >= 0.6 is 0 Å². The molecule has 0 heterocycles. The lowest BCUT2D eigenvalue weighted by Gasteiger charge is -2.20. The first kappa shape index (κ1) is 18.6. The van der Waals surface area contributed by atoms with E-state index in [0.29, 0.717) is 17.6 Å². The number of ketones is 2. The molecule has 2 aromatic rings. The van der Waals surface area contributed by atoms with Crippen LogP contribution in [-0.2, 0) is 25.7 Å². The van der Waals surface area contributed by atoms with Crippen LogP contribution in [0.1, 0.15) is 17.5 Å². The van der Waals surface area contributed by atoms with Crippen molar-refractivity contribution in [1.82, 2.24) is 0 Å². The second-order valence-corrected chi connectivity index (χ2v) is 6.70. The Morgan fingerprint density at radius 2 is 1.38 bits per heavy atom. The molecule has 142 valence electrons. The van der Waals surface area contributed by atoms with Gasteiger partial charge < -0.3 is 4.74 Å². The summed E-state index contributed by atoms with van der Waals surface area (Å²) in [5.41, 5.74) is 1.74. The van der Waals surface area contributed by atoms with Crippen LogP contribution in [-0.4, -0.2) is 17.5 Å². The molecule has 4 nitrogen and oxygen atoms in total. The zero-order chi connectivity index (χ0) is 20.2. The van der Waals surface area contributed by atoms with Crippen molar-refractivity contribution < 1.29 is 19.1 Å². The van der Waals surface area contributed by atoms with Crippen LogP contribution in [0.15, 0.2) is 102 Å². The van der Waals surface area contributed by atoms with Gasteiger partial charge in [-0.25, -0.2) is 4.79 Å². The van der Waals surface area contributed by atoms with E-state index in [0.717, 1.165) is 5.56 Å². The van der Waals surface area contributed by atoms with Gasteiger partial charge in [-0.3, -0.25) is 9.59 Å². The normalized spacial score (nSPS) is 16.0. The number of esters is 1. The molecule has 2 aliphatic carbocycles. The molecule has 0 atom stereocenters. The molecule has 0 amide bonds. The number of carbonyl (C=O) groups is 3. The number of ether oxygens (including phenoxy) is 1. The van der Waals surface area contributed by atoms with Gasteiger partial charge in [-0.1, -0.05) is 85.0 Å². The van der Waals surface area contributed by atoms with E-state index in [9.17, 15) is 14.4 Å². The molecule has 2 aromatic carbocycles. The molecular weight excluding hydrogens is 364 g/mol. The molecule has 0 spiro atoms. The molecule has 0 bridgehead atoms. The maximum absolute atomic E-state index is 13.3. The van der Waals surface area contributed by atoms with Crippen LogP contribution in [0.4, 0.5) is 0 Å².